The summed E-state index contributed by atoms with van der Waals surface area (Å²) in [5.74, 6) is 1.27. The highest BCUT2D eigenvalue weighted by atomic mass is 32.2. The molecule has 0 amide bonds. The standard InChI is InChI=1S/C11H14FN3S/c1-16-6-2-5-15-10-4-3-8(12)7-9(10)14-11(15)13/h3-4,7H,2,5-6H2,1H3,(H2,13,14). The average Bonchev–Trinajstić information content (AvgIpc) is 2.55. The Kier molecular flexibility index (Phi) is 3.33. The summed E-state index contributed by atoms with van der Waals surface area (Å²) in [5, 5.41) is 0. The Morgan fingerprint density at radius 1 is 1.50 bits per heavy atom. The molecule has 2 N–H and O–H groups in total. The van der Waals surface area contributed by atoms with Crippen molar-refractivity contribution in [3.63, 3.8) is 0 Å². The Morgan fingerprint density at radius 2 is 2.31 bits per heavy atom. The second-order valence-corrected chi connectivity index (χ2v) is 4.59. The smallest absolute Gasteiger partial charge is 0.201 e. The predicted molar refractivity (Wildman–Crippen MR) is 67.1 cm³/mol. The summed E-state index contributed by atoms with van der Waals surface area (Å²) >= 11 is 1.80. The number of hydrogen-bond acceptors (Lipinski definition) is 3. The normalized spacial score (nSPS) is 11.1. The van der Waals surface area contributed by atoms with Crippen LogP contribution in [-0.4, -0.2) is 21.6 Å². The van der Waals surface area contributed by atoms with E-state index in [1.54, 1.807) is 17.8 Å². The SMILES string of the molecule is CSCCCn1c(N)nc2cc(F)ccc21. The van der Waals surface area contributed by atoms with Gasteiger partial charge in [0.15, 0.2) is 0 Å². The van der Waals surface area contributed by atoms with Gasteiger partial charge in [-0.15, -0.1) is 0 Å². The Labute approximate surface area is 97.8 Å². The number of anilines is 1. The molecule has 1 aromatic heterocycles. The molecule has 0 bridgehead atoms. The first-order valence-corrected chi connectivity index (χ1v) is 6.52. The van der Waals surface area contributed by atoms with E-state index in [1.165, 1.54) is 12.1 Å². The Morgan fingerprint density at radius 3 is 3.06 bits per heavy atom. The zero-order valence-electron chi connectivity index (χ0n) is 9.11. The number of benzene rings is 1. The van der Waals surface area contributed by atoms with Gasteiger partial charge in [-0.1, -0.05) is 0 Å². The number of hydrogen-bond donors (Lipinski definition) is 1. The summed E-state index contributed by atoms with van der Waals surface area (Å²) in [5.41, 5.74) is 7.34. The van der Waals surface area contributed by atoms with E-state index in [9.17, 15) is 4.39 Å². The number of fused-ring (bicyclic) bond motifs is 1. The molecule has 1 aromatic carbocycles. The van der Waals surface area contributed by atoms with Gasteiger partial charge in [-0.05, 0) is 30.6 Å². The van der Waals surface area contributed by atoms with E-state index in [1.807, 2.05) is 4.57 Å². The van der Waals surface area contributed by atoms with Crippen LogP contribution in [0.1, 0.15) is 6.42 Å². The van der Waals surface area contributed by atoms with Crippen LogP contribution in [0.25, 0.3) is 11.0 Å². The molecule has 0 spiro atoms. The molecule has 16 heavy (non-hydrogen) atoms. The fourth-order valence-electron chi connectivity index (χ4n) is 1.72. The Hall–Kier alpha value is -1.23. The topological polar surface area (TPSA) is 43.8 Å². The third-order valence-electron chi connectivity index (χ3n) is 2.47. The number of imidazole rings is 1. The van der Waals surface area contributed by atoms with Crippen LogP contribution < -0.4 is 5.73 Å². The number of rotatable bonds is 4. The molecule has 0 atom stereocenters. The van der Waals surface area contributed by atoms with Crippen LogP contribution in [0.2, 0.25) is 0 Å². The van der Waals surface area contributed by atoms with E-state index in [0.717, 1.165) is 24.2 Å². The van der Waals surface area contributed by atoms with Crippen LogP contribution in [-0.2, 0) is 6.54 Å². The first-order chi connectivity index (χ1) is 7.72. The summed E-state index contributed by atoms with van der Waals surface area (Å²) < 4.78 is 14.9. The maximum Gasteiger partial charge on any atom is 0.201 e. The maximum absolute atomic E-state index is 13.0. The Bertz CT molecular complexity index is 495. The molecule has 0 radical (unpaired) electrons. The zero-order valence-corrected chi connectivity index (χ0v) is 9.93. The van der Waals surface area contributed by atoms with E-state index in [0.29, 0.717) is 11.5 Å². The van der Waals surface area contributed by atoms with Crippen LogP contribution in [0.5, 0.6) is 0 Å². The quantitative estimate of drug-likeness (QED) is 0.834. The van der Waals surface area contributed by atoms with Crippen LogP contribution in [0.4, 0.5) is 10.3 Å². The summed E-state index contributed by atoms with van der Waals surface area (Å²) in [6, 6.07) is 4.58. The lowest BCUT2D eigenvalue weighted by Gasteiger charge is -2.05. The van der Waals surface area contributed by atoms with Gasteiger partial charge >= 0.3 is 0 Å². The third kappa shape index (κ3) is 2.14. The van der Waals surface area contributed by atoms with Crippen molar-refractivity contribution in [2.24, 2.45) is 0 Å². The summed E-state index contributed by atoms with van der Waals surface area (Å²) in [6.07, 6.45) is 3.11. The molecule has 86 valence electrons. The molecule has 1 heterocycles. The van der Waals surface area contributed by atoms with Crippen molar-refractivity contribution in [3.05, 3.63) is 24.0 Å². The summed E-state index contributed by atoms with van der Waals surface area (Å²) in [7, 11) is 0. The van der Waals surface area contributed by atoms with Crippen molar-refractivity contribution in [3.8, 4) is 0 Å². The van der Waals surface area contributed by atoms with E-state index >= 15 is 0 Å². The molecule has 0 aliphatic rings. The number of nitrogen functional groups attached to an aromatic ring is 1. The van der Waals surface area contributed by atoms with Gasteiger partial charge in [-0.3, -0.25) is 0 Å². The van der Waals surface area contributed by atoms with Gasteiger partial charge in [0, 0.05) is 12.6 Å². The number of nitrogens with zero attached hydrogens (tertiary/aromatic N) is 2. The molecule has 0 fully saturated rings. The third-order valence-corrected chi connectivity index (χ3v) is 3.17. The monoisotopic (exact) mass is 239 g/mol. The van der Waals surface area contributed by atoms with Gasteiger partial charge in [-0.2, -0.15) is 11.8 Å². The van der Waals surface area contributed by atoms with Crippen LogP contribution >= 0.6 is 11.8 Å². The molecular weight excluding hydrogens is 225 g/mol. The second-order valence-electron chi connectivity index (χ2n) is 3.60. The molecular formula is C11H14FN3S. The molecule has 3 nitrogen and oxygen atoms in total. The second kappa shape index (κ2) is 4.74. The van der Waals surface area contributed by atoms with Crippen molar-refractivity contribution in [2.75, 3.05) is 17.7 Å². The van der Waals surface area contributed by atoms with Crippen molar-refractivity contribution in [2.45, 2.75) is 13.0 Å². The predicted octanol–water partition coefficient (Wildman–Crippen LogP) is 2.51. The summed E-state index contributed by atoms with van der Waals surface area (Å²) in [6.45, 7) is 0.828. The maximum atomic E-state index is 13.0. The number of thioether (sulfide) groups is 1. The summed E-state index contributed by atoms with van der Waals surface area (Å²) in [4.78, 5) is 4.15. The van der Waals surface area contributed by atoms with Gasteiger partial charge in [0.05, 0.1) is 11.0 Å². The lowest BCUT2D eigenvalue weighted by atomic mass is 10.3. The van der Waals surface area contributed by atoms with E-state index in [2.05, 4.69) is 11.2 Å². The van der Waals surface area contributed by atoms with Crippen molar-refractivity contribution < 1.29 is 4.39 Å². The van der Waals surface area contributed by atoms with Crippen molar-refractivity contribution >= 4 is 28.7 Å². The van der Waals surface area contributed by atoms with Gasteiger partial charge in [-0.25, -0.2) is 9.37 Å². The lowest BCUT2D eigenvalue weighted by molar-refractivity contribution is 0.629. The number of aryl methyl sites for hydroxylation is 1. The van der Waals surface area contributed by atoms with Crippen LogP contribution in [0, 0.1) is 5.82 Å². The van der Waals surface area contributed by atoms with Gasteiger partial charge in [0.1, 0.15) is 5.82 Å². The van der Waals surface area contributed by atoms with E-state index < -0.39 is 0 Å². The minimum atomic E-state index is -0.277. The number of halogens is 1. The van der Waals surface area contributed by atoms with Crippen LogP contribution in [0.3, 0.4) is 0 Å². The largest absolute Gasteiger partial charge is 0.369 e. The highest BCUT2D eigenvalue weighted by Gasteiger charge is 2.08. The molecule has 0 unspecified atom stereocenters. The Balaban J connectivity index is 2.32. The van der Waals surface area contributed by atoms with E-state index in [4.69, 9.17) is 5.73 Å². The average molecular weight is 239 g/mol. The minimum absolute atomic E-state index is 0.277. The van der Waals surface area contributed by atoms with E-state index in [-0.39, 0.29) is 5.82 Å². The highest BCUT2D eigenvalue weighted by Crippen LogP contribution is 2.19. The van der Waals surface area contributed by atoms with Gasteiger partial charge in [0.25, 0.3) is 0 Å². The number of aromatic nitrogens is 2. The number of nitrogens with two attached hydrogens (primary N) is 1. The highest BCUT2D eigenvalue weighted by molar-refractivity contribution is 7.98. The molecule has 0 aliphatic carbocycles. The minimum Gasteiger partial charge on any atom is -0.369 e. The fourth-order valence-corrected chi connectivity index (χ4v) is 2.14. The molecule has 2 aromatic rings. The molecule has 0 saturated carbocycles. The van der Waals surface area contributed by atoms with Crippen molar-refractivity contribution in [1.29, 1.82) is 0 Å². The fraction of sp³-hybridized carbons (Fsp3) is 0.364. The van der Waals surface area contributed by atoms with Gasteiger partial charge in [0.2, 0.25) is 5.95 Å². The van der Waals surface area contributed by atoms with Crippen LogP contribution in [0.15, 0.2) is 18.2 Å². The first-order valence-electron chi connectivity index (χ1n) is 5.12. The van der Waals surface area contributed by atoms with Crippen molar-refractivity contribution in [1.82, 2.24) is 9.55 Å². The van der Waals surface area contributed by atoms with Gasteiger partial charge < -0.3 is 10.3 Å². The zero-order chi connectivity index (χ0) is 11.5. The molecule has 0 saturated heterocycles. The molecule has 5 heteroatoms. The molecule has 2 rings (SSSR count). The lowest BCUT2D eigenvalue weighted by Crippen LogP contribution is -2.04. The first kappa shape index (κ1) is 11.3. The molecule has 0 aliphatic heterocycles.